The van der Waals surface area contributed by atoms with Gasteiger partial charge in [-0.3, -0.25) is 14.9 Å². The maximum Gasteiger partial charge on any atom is 0.191 e. The number of piperidine rings is 1. The molecule has 0 amide bonds. The Kier molecular flexibility index (Phi) is 7.75. The lowest BCUT2D eigenvalue weighted by atomic mass is 10.0. The summed E-state index contributed by atoms with van der Waals surface area (Å²) in [6, 6.07) is 8.13. The molecule has 156 valence electrons. The van der Waals surface area contributed by atoms with E-state index >= 15 is 0 Å². The van der Waals surface area contributed by atoms with Crippen molar-refractivity contribution in [3.8, 4) is 5.75 Å². The lowest BCUT2D eigenvalue weighted by Gasteiger charge is -2.33. The highest BCUT2D eigenvalue weighted by Crippen LogP contribution is 2.16. The number of aromatic nitrogens is 1. The van der Waals surface area contributed by atoms with Crippen LogP contribution in [0.5, 0.6) is 5.75 Å². The monoisotopic (exact) mass is 403 g/mol. The minimum Gasteiger partial charge on any atom is -0.490 e. The molecule has 1 aromatic carbocycles. The van der Waals surface area contributed by atoms with Crippen molar-refractivity contribution in [1.82, 2.24) is 20.5 Å². The predicted molar refractivity (Wildman–Crippen MR) is 109 cm³/mol. The molecule has 2 aromatic rings. The fraction of sp³-hybridized carbons (Fsp3) is 0.429. The molecule has 3 rings (SSSR count). The second-order valence-corrected chi connectivity index (χ2v) is 6.98. The first kappa shape index (κ1) is 21.0. The summed E-state index contributed by atoms with van der Waals surface area (Å²) < 4.78 is 32.0. The van der Waals surface area contributed by atoms with Gasteiger partial charge in [-0.1, -0.05) is 6.07 Å². The van der Waals surface area contributed by atoms with E-state index in [-0.39, 0.29) is 0 Å². The van der Waals surface area contributed by atoms with Crippen LogP contribution in [0.2, 0.25) is 0 Å². The number of hydrogen-bond acceptors (Lipinski definition) is 4. The minimum absolute atomic E-state index is 0.321. The molecule has 8 heteroatoms. The standard InChI is InChI=1S/C21H27F2N5O/c1-24-21(26-9-12-29-18-3-2-8-25-14-18)27-17-6-10-28(11-7-17)15-16-4-5-19(22)20(23)13-16/h2-5,8,13-14,17H,6-7,9-12,15H2,1H3,(H2,24,26,27). The van der Waals surface area contributed by atoms with Gasteiger partial charge in [0.1, 0.15) is 12.4 Å². The van der Waals surface area contributed by atoms with Crippen LogP contribution in [-0.4, -0.2) is 55.2 Å². The zero-order valence-corrected chi connectivity index (χ0v) is 16.6. The fourth-order valence-corrected chi connectivity index (χ4v) is 3.29. The number of aliphatic imine (C=N–C) groups is 1. The van der Waals surface area contributed by atoms with Crippen LogP contribution in [0.3, 0.4) is 0 Å². The highest BCUT2D eigenvalue weighted by molar-refractivity contribution is 5.79. The lowest BCUT2D eigenvalue weighted by molar-refractivity contribution is 0.198. The van der Waals surface area contributed by atoms with Crippen molar-refractivity contribution >= 4 is 5.96 Å². The molecule has 0 aliphatic carbocycles. The molecule has 1 aliphatic heterocycles. The van der Waals surface area contributed by atoms with Crippen LogP contribution >= 0.6 is 0 Å². The topological polar surface area (TPSA) is 61.8 Å². The summed E-state index contributed by atoms with van der Waals surface area (Å²) in [7, 11) is 1.75. The molecule has 6 nitrogen and oxygen atoms in total. The van der Waals surface area contributed by atoms with Crippen molar-refractivity contribution in [3.05, 3.63) is 59.9 Å². The Morgan fingerprint density at radius 2 is 2.07 bits per heavy atom. The van der Waals surface area contributed by atoms with Crippen LogP contribution in [0.15, 0.2) is 47.7 Å². The van der Waals surface area contributed by atoms with E-state index in [0.717, 1.165) is 43.2 Å². The van der Waals surface area contributed by atoms with E-state index in [0.29, 0.717) is 25.7 Å². The number of nitrogens with one attached hydrogen (secondary N) is 2. The van der Waals surface area contributed by atoms with Gasteiger partial charge in [0.15, 0.2) is 17.6 Å². The Bertz CT molecular complexity index is 795. The van der Waals surface area contributed by atoms with Gasteiger partial charge in [-0.15, -0.1) is 0 Å². The van der Waals surface area contributed by atoms with Gasteiger partial charge in [-0.05, 0) is 42.7 Å². The number of ether oxygens (including phenoxy) is 1. The predicted octanol–water partition coefficient (Wildman–Crippen LogP) is 2.57. The summed E-state index contributed by atoms with van der Waals surface area (Å²) in [5.74, 6) is -0.104. The van der Waals surface area contributed by atoms with E-state index in [1.807, 2.05) is 12.1 Å². The summed E-state index contributed by atoms with van der Waals surface area (Å²) in [4.78, 5) is 10.5. The molecule has 2 heterocycles. The third-order valence-corrected chi connectivity index (χ3v) is 4.84. The summed E-state index contributed by atoms with van der Waals surface area (Å²) in [5.41, 5.74) is 0.793. The SMILES string of the molecule is CN=C(NCCOc1cccnc1)NC1CCN(Cc2ccc(F)c(F)c2)CC1. The van der Waals surface area contributed by atoms with E-state index in [9.17, 15) is 8.78 Å². The van der Waals surface area contributed by atoms with Gasteiger partial charge in [-0.2, -0.15) is 0 Å². The third kappa shape index (κ3) is 6.67. The molecular weight excluding hydrogens is 376 g/mol. The van der Waals surface area contributed by atoms with Crippen LogP contribution in [0.25, 0.3) is 0 Å². The minimum atomic E-state index is -0.804. The Hall–Kier alpha value is -2.74. The maximum absolute atomic E-state index is 13.4. The van der Waals surface area contributed by atoms with Gasteiger partial charge >= 0.3 is 0 Å². The number of guanidine groups is 1. The number of benzene rings is 1. The van der Waals surface area contributed by atoms with Gasteiger partial charge in [0.2, 0.25) is 0 Å². The molecule has 0 atom stereocenters. The molecule has 0 bridgehead atoms. The zero-order chi connectivity index (χ0) is 20.5. The van der Waals surface area contributed by atoms with E-state index in [1.165, 1.54) is 12.1 Å². The van der Waals surface area contributed by atoms with Gasteiger partial charge < -0.3 is 15.4 Å². The molecule has 1 saturated heterocycles. The normalized spacial score (nSPS) is 15.9. The second kappa shape index (κ2) is 10.7. The summed E-state index contributed by atoms with van der Waals surface area (Å²) in [5, 5.41) is 6.69. The Balaban J connectivity index is 1.35. The largest absolute Gasteiger partial charge is 0.490 e. The van der Waals surface area contributed by atoms with Crippen LogP contribution in [-0.2, 0) is 6.54 Å². The average molecular weight is 403 g/mol. The summed E-state index contributed by atoms with van der Waals surface area (Å²) in [6.07, 6.45) is 5.30. The van der Waals surface area contributed by atoms with Crippen LogP contribution < -0.4 is 15.4 Å². The van der Waals surface area contributed by atoms with Crippen LogP contribution in [0.4, 0.5) is 8.78 Å². The smallest absolute Gasteiger partial charge is 0.191 e. The van der Waals surface area contributed by atoms with Gasteiger partial charge in [0.25, 0.3) is 0 Å². The number of halogens is 2. The first-order chi connectivity index (χ1) is 14.1. The molecule has 29 heavy (non-hydrogen) atoms. The molecular formula is C21H27F2N5O. The molecule has 0 unspecified atom stereocenters. The van der Waals surface area contributed by atoms with E-state index in [4.69, 9.17) is 4.74 Å². The number of nitrogens with zero attached hydrogens (tertiary/aromatic N) is 3. The molecule has 1 aliphatic rings. The summed E-state index contributed by atoms with van der Waals surface area (Å²) in [6.45, 7) is 3.54. The quantitative estimate of drug-likeness (QED) is 0.423. The van der Waals surface area contributed by atoms with Crippen LogP contribution in [0.1, 0.15) is 18.4 Å². The molecule has 1 fully saturated rings. The Morgan fingerprint density at radius 1 is 1.24 bits per heavy atom. The molecule has 1 aromatic heterocycles. The van der Waals surface area contributed by atoms with E-state index in [2.05, 4.69) is 25.5 Å². The maximum atomic E-state index is 13.4. The number of hydrogen-bond donors (Lipinski definition) is 2. The van der Waals surface area contributed by atoms with Gasteiger partial charge in [-0.25, -0.2) is 8.78 Å². The third-order valence-electron chi connectivity index (χ3n) is 4.84. The van der Waals surface area contributed by atoms with Crippen LogP contribution in [0, 0.1) is 11.6 Å². The van der Waals surface area contributed by atoms with Crippen molar-refractivity contribution in [1.29, 1.82) is 0 Å². The van der Waals surface area contributed by atoms with Crippen molar-refractivity contribution in [3.63, 3.8) is 0 Å². The molecule has 0 saturated carbocycles. The molecule has 0 radical (unpaired) electrons. The zero-order valence-electron chi connectivity index (χ0n) is 16.6. The summed E-state index contributed by atoms with van der Waals surface area (Å²) >= 11 is 0. The van der Waals surface area contributed by atoms with E-state index < -0.39 is 11.6 Å². The second-order valence-electron chi connectivity index (χ2n) is 6.98. The van der Waals surface area contributed by atoms with Crippen molar-refractivity contribution < 1.29 is 13.5 Å². The van der Waals surface area contributed by atoms with E-state index in [1.54, 1.807) is 25.5 Å². The Morgan fingerprint density at radius 3 is 2.76 bits per heavy atom. The first-order valence-electron chi connectivity index (χ1n) is 9.80. The molecule has 2 N–H and O–H groups in total. The van der Waals surface area contributed by atoms with Crippen molar-refractivity contribution in [2.75, 3.05) is 33.3 Å². The number of rotatable bonds is 7. The average Bonchev–Trinajstić information content (AvgIpc) is 2.75. The number of likely N-dealkylation sites (tertiary alicyclic amines) is 1. The number of pyridine rings is 1. The lowest BCUT2D eigenvalue weighted by Crippen LogP contribution is -2.49. The first-order valence-corrected chi connectivity index (χ1v) is 9.80. The Labute approximate surface area is 170 Å². The highest BCUT2D eigenvalue weighted by atomic mass is 19.2. The fourth-order valence-electron chi connectivity index (χ4n) is 3.29. The van der Waals surface area contributed by atoms with Crippen molar-refractivity contribution in [2.45, 2.75) is 25.4 Å². The molecule has 0 spiro atoms. The van der Waals surface area contributed by atoms with Gasteiger partial charge in [0.05, 0.1) is 12.7 Å². The highest BCUT2D eigenvalue weighted by Gasteiger charge is 2.20. The van der Waals surface area contributed by atoms with Gasteiger partial charge in [0, 0.05) is 38.9 Å². The van der Waals surface area contributed by atoms with Crippen molar-refractivity contribution in [2.24, 2.45) is 4.99 Å².